The Bertz CT molecular complexity index is 963. The van der Waals surface area contributed by atoms with E-state index in [1.54, 1.807) is 54.6 Å². The predicted molar refractivity (Wildman–Crippen MR) is 98.6 cm³/mol. The third kappa shape index (κ3) is 3.76. The SMILES string of the molecule is CC(=O)c1cccc(NC(=O)c2ccc(-c3cccc(Cl)c3Cl)o2)c1. The fourth-order valence-corrected chi connectivity index (χ4v) is 2.70. The van der Waals surface area contributed by atoms with Crippen LogP contribution >= 0.6 is 23.2 Å². The second kappa shape index (κ2) is 7.13. The van der Waals surface area contributed by atoms with Gasteiger partial charge in [-0.05, 0) is 43.3 Å². The van der Waals surface area contributed by atoms with Gasteiger partial charge in [-0.1, -0.05) is 41.4 Å². The van der Waals surface area contributed by atoms with Gasteiger partial charge in [-0.3, -0.25) is 9.59 Å². The van der Waals surface area contributed by atoms with E-state index in [0.717, 1.165) is 0 Å². The van der Waals surface area contributed by atoms with Crippen LogP contribution in [0.2, 0.25) is 10.0 Å². The van der Waals surface area contributed by atoms with Crippen molar-refractivity contribution in [2.75, 3.05) is 5.32 Å². The molecule has 0 unspecified atom stereocenters. The molecule has 3 aromatic rings. The third-order valence-electron chi connectivity index (χ3n) is 3.57. The molecule has 1 heterocycles. The van der Waals surface area contributed by atoms with Gasteiger partial charge in [0.05, 0.1) is 10.0 Å². The summed E-state index contributed by atoms with van der Waals surface area (Å²) in [5, 5.41) is 3.47. The summed E-state index contributed by atoms with van der Waals surface area (Å²) in [6.07, 6.45) is 0. The fourth-order valence-electron chi connectivity index (χ4n) is 2.31. The number of hydrogen-bond donors (Lipinski definition) is 1. The van der Waals surface area contributed by atoms with Crippen molar-refractivity contribution in [2.45, 2.75) is 6.92 Å². The lowest BCUT2D eigenvalue weighted by Gasteiger charge is -2.05. The Kier molecular flexibility index (Phi) is 4.93. The van der Waals surface area contributed by atoms with Crippen molar-refractivity contribution in [1.29, 1.82) is 0 Å². The Morgan fingerprint density at radius 1 is 1.00 bits per heavy atom. The standard InChI is InChI=1S/C19H13Cl2NO3/c1-11(23)12-4-2-5-13(10-12)22-19(24)17-9-8-16(25-17)14-6-3-7-15(20)18(14)21/h2-10H,1H3,(H,22,24). The first kappa shape index (κ1) is 17.3. The van der Waals surface area contributed by atoms with Crippen molar-refractivity contribution >= 4 is 40.6 Å². The second-order valence-electron chi connectivity index (χ2n) is 5.36. The number of Topliss-reactive ketones (excluding diaryl/α,β-unsaturated/α-hetero) is 1. The van der Waals surface area contributed by atoms with E-state index in [2.05, 4.69) is 5.32 Å². The number of amides is 1. The summed E-state index contributed by atoms with van der Waals surface area (Å²) in [5.74, 6) is 0.0616. The topological polar surface area (TPSA) is 59.3 Å². The van der Waals surface area contributed by atoms with Crippen molar-refractivity contribution in [3.05, 3.63) is 76.0 Å². The Hall–Kier alpha value is -2.56. The second-order valence-corrected chi connectivity index (χ2v) is 6.14. The minimum Gasteiger partial charge on any atom is -0.451 e. The van der Waals surface area contributed by atoms with Gasteiger partial charge in [0.2, 0.25) is 0 Å². The van der Waals surface area contributed by atoms with E-state index in [1.807, 2.05) is 0 Å². The number of halogens is 2. The molecule has 0 aliphatic carbocycles. The van der Waals surface area contributed by atoms with Gasteiger partial charge in [-0.15, -0.1) is 0 Å². The normalized spacial score (nSPS) is 10.5. The molecule has 1 aromatic heterocycles. The Labute approximate surface area is 154 Å². The first-order valence-electron chi connectivity index (χ1n) is 7.42. The van der Waals surface area contributed by atoms with Gasteiger partial charge >= 0.3 is 0 Å². The first-order valence-corrected chi connectivity index (χ1v) is 8.18. The van der Waals surface area contributed by atoms with Crippen LogP contribution in [0.3, 0.4) is 0 Å². The van der Waals surface area contributed by atoms with Crippen LogP contribution in [0.1, 0.15) is 27.8 Å². The zero-order valence-electron chi connectivity index (χ0n) is 13.2. The Morgan fingerprint density at radius 2 is 1.76 bits per heavy atom. The van der Waals surface area contributed by atoms with Gasteiger partial charge in [0.25, 0.3) is 5.91 Å². The van der Waals surface area contributed by atoms with Crippen molar-refractivity contribution in [3.63, 3.8) is 0 Å². The van der Waals surface area contributed by atoms with Gasteiger partial charge in [0.15, 0.2) is 11.5 Å². The lowest BCUT2D eigenvalue weighted by Crippen LogP contribution is -2.11. The van der Waals surface area contributed by atoms with Crippen molar-refractivity contribution in [1.82, 2.24) is 0 Å². The molecule has 0 saturated heterocycles. The van der Waals surface area contributed by atoms with Crippen LogP contribution in [0.4, 0.5) is 5.69 Å². The number of carbonyl (C=O) groups excluding carboxylic acids is 2. The zero-order valence-corrected chi connectivity index (χ0v) is 14.7. The summed E-state index contributed by atoms with van der Waals surface area (Å²) in [6.45, 7) is 1.47. The third-order valence-corrected chi connectivity index (χ3v) is 4.39. The summed E-state index contributed by atoms with van der Waals surface area (Å²) < 4.78 is 5.60. The van der Waals surface area contributed by atoms with Crippen LogP contribution in [-0.4, -0.2) is 11.7 Å². The minimum absolute atomic E-state index is 0.0769. The first-order chi connectivity index (χ1) is 12.0. The molecule has 0 spiro atoms. The van der Waals surface area contributed by atoms with Gasteiger partial charge < -0.3 is 9.73 Å². The van der Waals surface area contributed by atoms with E-state index >= 15 is 0 Å². The molecule has 0 fully saturated rings. The molecule has 0 saturated carbocycles. The minimum atomic E-state index is -0.426. The van der Waals surface area contributed by atoms with Crippen molar-refractivity contribution in [2.24, 2.45) is 0 Å². The molecule has 25 heavy (non-hydrogen) atoms. The molecule has 6 heteroatoms. The molecule has 3 rings (SSSR count). The molecule has 0 bridgehead atoms. The van der Waals surface area contributed by atoms with E-state index in [1.165, 1.54) is 6.92 Å². The lowest BCUT2D eigenvalue weighted by atomic mass is 10.1. The van der Waals surface area contributed by atoms with E-state index in [4.69, 9.17) is 27.6 Å². The molecule has 126 valence electrons. The highest BCUT2D eigenvalue weighted by Crippen LogP contribution is 2.34. The van der Waals surface area contributed by atoms with E-state index in [9.17, 15) is 9.59 Å². The van der Waals surface area contributed by atoms with Gasteiger partial charge in [0.1, 0.15) is 5.76 Å². The lowest BCUT2D eigenvalue weighted by molar-refractivity contribution is 0.0992. The van der Waals surface area contributed by atoms with E-state index in [-0.39, 0.29) is 11.5 Å². The van der Waals surface area contributed by atoms with E-state index < -0.39 is 5.91 Å². The fraction of sp³-hybridized carbons (Fsp3) is 0.0526. The number of anilines is 1. The molecule has 2 aromatic carbocycles. The van der Waals surface area contributed by atoms with Crippen LogP contribution < -0.4 is 5.32 Å². The highest BCUT2D eigenvalue weighted by Gasteiger charge is 2.15. The largest absolute Gasteiger partial charge is 0.451 e. The van der Waals surface area contributed by atoms with Crippen LogP contribution in [0.15, 0.2) is 59.0 Å². The summed E-state index contributed by atoms with van der Waals surface area (Å²) in [5.41, 5.74) is 1.63. The molecule has 0 radical (unpaired) electrons. The summed E-state index contributed by atoms with van der Waals surface area (Å²) >= 11 is 12.2. The Balaban J connectivity index is 1.83. The Morgan fingerprint density at radius 3 is 2.52 bits per heavy atom. The molecule has 0 aliphatic heterocycles. The number of nitrogens with one attached hydrogen (secondary N) is 1. The smallest absolute Gasteiger partial charge is 0.291 e. The van der Waals surface area contributed by atoms with Crippen LogP contribution in [-0.2, 0) is 0 Å². The molecular weight excluding hydrogens is 361 g/mol. The number of carbonyl (C=O) groups is 2. The molecule has 1 amide bonds. The number of rotatable bonds is 4. The molecule has 4 nitrogen and oxygen atoms in total. The number of furan rings is 1. The summed E-state index contributed by atoms with van der Waals surface area (Å²) in [4.78, 5) is 23.8. The van der Waals surface area contributed by atoms with Crippen LogP contribution in [0.5, 0.6) is 0 Å². The maximum absolute atomic E-state index is 12.3. The van der Waals surface area contributed by atoms with Crippen LogP contribution in [0.25, 0.3) is 11.3 Å². The molecular formula is C19H13Cl2NO3. The highest BCUT2D eigenvalue weighted by molar-refractivity contribution is 6.43. The molecule has 1 N–H and O–H groups in total. The predicted octanol–water partition coefficient (Wildman–Crippen LogP) is 5.71. The quantitative estimate of drug-likeness (QED) is 0.595. The zero-order chi connectivity index (χ0) is 18.0. The average molecular weight is 374 g/mol. The molecule has 0 atom stereocenters. The van der Waals surface area contributed by atoms with Gasteiger partial charge in [0, 0.05) is 16.8 Å². The number of ketones is 1. The molecule has 0 aliphatic rings. The van der Waals surface area contributed by atoms with Gasteiger partial charge in [-0.25, -0.2) is 0 Å². The summed E-state index contributed by atoms with van der Waals surface area (Å²) in [6, 6.07) is 15.1. The highest BCUT2D eigenvalue weighted by atomic mass is 35.5. The van der Waals surface area contributed by atoms with E-state index in [0.29, 0.717) is 32.6 Å². The maximum Gasteiger partial charge on any atom is 0.291 e. The monoisotopic (exact) mass is 373 g/mol. The van der Waals surface area contributed by atoms with Gasteiger partial charge in [-0.2, -0.15) is 0 Å². The maximum atomic E-state index is 12.3. The summed E-state index contributed by atoms with van der Waals surface area (Å²) in [7, 11) is 0. The van der Waals surface area contributed by atoms with Crippen molar-refractivity contribution in [3.8, 4) is 11.3 Å². The van der Waals surface area contributed by atoms with Crippen molar-refractivity contribution < 1.29 is 14.0 Å². The number of benzene rings is 2. The number of hydrogen-bond acceptors (Lipinski definition) is 3. The van der Waals surface area contributed by atoms with Crippen LogP contribution in [0, 0.1) is 0 Å². The average Bonchev–Trinajstić information content (AvgIpc) is 3.07.